The maximum absolute atomic E-state index is 12.7. The first-order valence-electron chi connectivity index (χ1n) is 12.5. The number of esters is 1. The monoisotopic (exact) mass is 502 g/mol. The van der Waals surface area contributed by atoms with Crippen molar-refractivity contribution in [2.75, 3.05) is 17.7 Å². The summed E-state index contributed by atoms with van der Waals surface area (Å²) in [5.41, 5.74) is 0.825. The number of hydrogen-bond acceptors (Lipinski definition) is 7. The number of rotatable bonds is 9. The molecule has 0 radical (unpaired) electrons. The highest BCUT2D eigenvalue weighted by atomic mass is 32.2. The third-order valence-corrected chi connectivity index (χ3v) is 9.68. The van der Waals surface area contributed by atoms with Crippen LogP contribution in [0.25, 0.3) is 0 Å². The van der Waals surface area contributed by atoms with Crippen LogP contribution in [0, 0.1) is 30.1 Å². The lowest BCUT2D eigenvalue weighted by atomic mass is 9.49. The molecule has 7 nitrogen and oxygen atoms in total. The van der Waals surface area contributed by atoms with E-state index in [-0.39, 0.29) is 11.7 Å². The van der Waals surface area contributed by atoms with Gasteiger partial charge in [-0.15, -0.1) is 21.5 Å². The highest BCUT2D eigenvalue weighted by Crippen LogP contribution is 2.61. The SMILES string of the molecule is CCOC(=O)c1cc(C)sc1NC(=O)CSc1nnc(CC23CC4CC(CC(C4)C2)C3)n1CC. The number of carbonyl (C=O) groups excluding carboxylic acids is 2. The maximum atomic E-state index is 12.7. The van der Waals surface area contributed by atoms with Gasteiger partial charge in [0.05, 0.1) is 17.9 Å². The van der Waals surface area contributed by atoms with E-state index in [2.05, 4.69) is 27.0 Å². The summed E-state index contributed by atoms with van der Waals surface area (Å²) in [6.07, 6.45) is 9.39. The summed E-state index contributed by atoms with van der Waals surface area (Å²) in [5, 5.41) is 13.3. The number of aryl methyl sites for hydroxylation is 1. The molecular formula is C25H34N4O3S2. The molecule has 0 aromatic carbocycles. The van der Waals surface area contributed by atoms with Gasteiger partial charge in [0.1, 0.15) is 10.8 Å². The Labute approximate surface area is 209 Å². The Morgan fingerprint density at radius 3 is 2.47 bits per heavy atom. The van der Waals surface area contributed by atoms with E-state index in [0.717, 1.165) is 46.6 Å². The fraction of sp³-hybridized carbons (Fsp3) is 0.680. The molecule has 9 heteroatoms. The Kier molecular flexibility index (Phi) is 6.77. The molecule has 4 saturated carbocycles. The van der Waals surface area contributed by atoms with E-state index in [1.54, 1.807) is 13.0 Å². The Morgan fingerprint density at radius 1 is 1.18 bits per heavy atom. The van der Waals surface area contributed by atoms with Gasteiger partial charge in [-0.05, 0) is 88.5 Å². The van der Waals surface area contributed by atoms with Gasteiger partial charge >= 0.3 is 5.97 Å². The number of ether oxygens (including phenoxy) is 1. The van der Waals surface area contributed by atoms with Crippen molar-refractivity contribution in [1.29, 1.82) is 0 Å². The Balaban J connectivity index is 1.23. The lowest BCUT2D eigenvalue weighted by molar-refractivity contribution is -0.113. The fourth-order valence-electron chi connectivity index (χ4n) is 6.98. The lowest BCUT2D eigenvalue weighted by Crippen LogP contribution is -2.47. The molecule has 1 N–H and O–H groups in total. The van der Waals surface area contributed by atoms with Crippen molar-refractivity contribution in [1.82, 2.24) is 14.8 Å². The minimum absolute atomic E-state index is 0.161. The first kappa shape index (κ1) is 23.9. The molecule has 2 heterocycles. The minimum Gasteiger partial charge on any atom is -0.462 e. The molecule has 4 aliphatic rings. The van der Waals surface area contributed by atoms with E-state index in [1.807, 2.05) is 6.92 Å². The molecule has 1 amide bonds. The van der Waals surface area contributed by atoms with Gasteiger partial charge in [0.25, 0.3) is 0 Å². The van der Waals surface area contributed by atoms with Gasteiger partial charge in [0, 0.05) is 17.8 Å². The third kappa shape index (κ3) is 4.78. The van der Waals surface area contributed by atoms with Gasteiger partial charge in [-0.2, -0.15) is 0 Å². The fourth-order valence-corrected chi connectivity index (χ4v) is 8.71. The van der Waals surface area contributed by atoms with Crippen molar-refractivity contribution in [3.8, 4) is 0 Å². The van der Waals surface area contributed by atoms with Crippen LogP contribution in [-0.4, -0.2) is 39.0 Å². The van der Waals surface area contributed by atoms with Crippen molar-refractivity contribution < 1.29 is 14.3 Å². The van der Waals surface area contributed by atoms with Crippen molar-refractivity contribution in [2.45, 2.75) is 77.4 Å². The number of aromatic nitrogens is 3. The van der Waals surface area contributed by atoms with Crippen molar-refractivity contribution in [3.63, 3.8) is 0 Å². The summed E-state index contributed by atoms with van der Waals surface area (Å²) >= 11 is 2.80. The van der Waals surface area contributed by atoms with E-state index >= 15 is 0 Å². The van der Waals surface area contributed by atoms with E-state index in [1.165, 1.54) is 61.6 Å². The standard InChI is InChI=1S/C25H34N4O3S2/c1-4-29-20(13-25-10-16-7-17(11-25)9-18(8-16)12-25)27-28-24(29)33-14-21(30)26-22-19(6-15(3)34-22)23(31)32-5-2/h6,16-18H,4-5,7-14H2,1-3H3,(H,26,30). The Hall–Kier alpha value is -1.87. The quantitative estimate of drug-likeness (QED) is 0.368. The molecule has 34 heavy (non-hydrogen) atoms. The number of anilines is 1. The smallest absolute Gasteiger partial charge is 0.341 e. The van der Waals surface area contributed by atoms with Crippen LogP contribution in [0.3, 0.4) is 0 Å². The molecule has 6 rings (SSSR count). The molecule has 0 saturated heterocycles. The lowest BCUT2D eigenvalue weighted by Gasteiger charge is -2.56. The van der Waals surface area contributed by atoms with E-state index in [0.29, 0.717) is 22.6 Å². The molecule has 0 aliphatic heterocycles. The largest absolute Gasteiger partial charge is 0.462 e. The molecule has 4 bridgehead atoms. The summed E-state index contributed by atoms with van der Waals surface area (Å²) < 4.78 is 7.31. The molecule has 2 aromatic rings. The molecule has 4 aliphatic carbocycles. The summed E-state index contributed by atoms with van der Waals surface area (Å²) in [4.78, 5) is 25.8. The highest BCUT2D eigenvalue weighted by molar-refractivity contribution is 7.99. The zero-order chi connectivity index (χ0) is 23.9. The third-order valence-electron chi connectivity index (χ3n) is 7.74. The second-order valence-electron chi connectivity index (χ2n) is 10.4. The van der Waals surface area contributed by atoms with E-state index in [9.17, 15) is 9.59 Å². The van der Waals surface area contributed by atoms with Crippen LogP contribution in [0.1, 0.15) is 73.4 Å². The maximum Gasteiger partial charge on any atom is 0.341 e. The zero-order valence-electron chi connectivity index (χ0n) is 20.3. The summed E-state index contributed by atoms with van der Waals surface area (Å²) in [6, 6.07) is 1.76. The molecule has 0 unspecified atom stereocenters. The van der Waals surface area contributed by atoms with Crippen molar-refractivity contribution >= 4 is 40.0 Å². The summed E-state index contributed by atoms with van der Waals surface area (Å²) in [6.45, 7) is 6.90. The predicted octanol–water partition coefficient (Wildman–Crippen LogP) is 5.33. The predicted molar refractivity (Wildman–Crippen MR) is 134 cm³/mol. The van der Waals surface area contributed by atoms with Crippen LogP contribution in [-0.2, 0) is 22.5 Å². The van der Waals surface area contributed by atoms with Gasteiger partial charge < -0.3 is 14.6 Å². The van der Waals surface area contributed by atoms with Crippen LogP contribution >= 0.6 is 23.1 Å². The number of thioether (sulfide) groups is 1. The topological polar surface area (TPSA) is 86.1 Å². The van der Waals surface area contributed by atoms with Crippen LogP contribution in [0.5, 0.6) is 0 Å². The Morgan fingerprint density at radius 2 is 1.85 bits per heavy atom. The van der Waals surface area contributed by atoms with Crippen LogP contribution in [0.4, 0.5) is 5.00 Å². The first-order chi connectivity index (χ1) is 16.4. The van der Waals surface area contributed by atoms with Gasteiger partial charge in [-0.3, -0.25) is 4.79 Å². The molecule has 0 atom stereocenters. The average molecular weight is 503 g/mol. The van der Waals surface area contributed by atoms with Crippen molar-refractivity contribution in [2.24, 2.45) is 23.2 Å². The number of nitrogens with zero attached hydrogens (tertiary/aromatic N) is 3. The minimum atomic E-state index is -0.408. The van der Waals surface area contributed by atoms with Crippen LogP contribution in [0.2, 0.25) is 0 Å². The van der Waals surface area contributed by atoms with E-state index < -0.39 is 5.97 Å². The number of thiophene rings is 1. The molecule has 0 spiro atoms. The van der Waals surface area contributed by atoms with Gasteiger partial charge in [0.2, 0.25) is 5.91 Å². The molecule has 184 valence electrons. The molecular weight excluding hydrogens is 468 g/mol. The van der Waals surface area contributed by atoms with Crippen molar-refractivity contribution in [3.05, 3.63) is 22.3 Å². The average Bonchev–Trinajstić information content (AvgIpc) is 3.33. The number of carbonyl (C=O) groups is 2. The normalized spacial score (nSPS) is 27.2. The number of amides is 1. The molecule has 2 aromatic heterocycles. The zero-order valence-corrected chi connectivity index (χ0v) is 21.9. The second-order valence-corrected chi connectivity index (χ2v) is 12.6. The molecule has 4 fully saturated rings. The number of hydrogen-bond donors (Lipinski definition) is 1. The van der Waals surface area contributed by atoms with Gasteiger partial charge in [-0.25, -0.2) is 4.79 Å². The summed E-state index contributed by atoms with van der Waals surface area (Å²) in [5.74, 6) is 3.48. The highest BCUT2D eigenvalue weighted by Gasteiger charge is 2.51. The first-order valence-corrected chi connectivity index (χ1v) is 14.3. The van der Waals surface area contributed by atoms with E-state index in [4.69, 9.17) is 4.74 Å². The number of nitrogens with one attached hydrogen (secondary N) is 1. The van der Waals surface area contributed by atoms with Gasteiger partial charge in [0.15, 0.2) is 5.16 Å². The van der Waals surface area contributed by atoms with Crippen LogP contribution < -0.4 is 5.32 Å². The Bertz CT molecular complexity index is 1040. The van der Waals surface area contributed by atoms with Crippen LogP contribution in [0.15, 0.2) is 11.2 Å². The van der Waals surface area contributed by atoms with Gasteiger partial charge in [-0.1, -0.05) is 11.8 Å². The summed E-state index contributed by atoms with van der Waals surface area (Å²) in [7, 11) is 0. The second kappa shape index (κ2) is 9.64.